The molecule has 0 aliphatic carbocycles. The first-order chi connectivity index (χ1) is 16.2. The molecule has 0 unspecified atom stereocenters. The van der Waals surface area contributed by atoms with Gasteiger partial charge < -0.3 is 15.5 Å². The van der Waals surface area contributed by atoms with E-state index in [2.05, 4.69) is 25.0 Å². The number of para-hydroxylation sites is 1. The van der Waals surface area contributed by atoms with Gasteiger partial charge in [0.15, 0.2) is 10.9 Å². The van der Waals surface area contributed by atoms with Crippen LogP contribution >= 0.6 is 11.8 Å². The molecule has 0 spiro atoms. The second kappa shape index (κ2) is 9.74. The smallest absolute Gasteiger partial charge is 0.278 e. The molecular weight excluding hydrogens is 438 g/mol. The highest BCUT2D eigenvalue weighted by Crippen LogP contribution is 2.27. The summed E-state index contributed by atoms with van der Waals surface area (Å²) in [5.41, 5.74) is 6.87. The molecule has 3 aromatic rings. The molecule has 2 aliphatic heterocycles. The van der Waals surface area contributed by atoms with Crippen molar-refractivity contribution in [1.82, 2.24) is 30.1 Å². The zero-order valence-corrected chi connectivity index (χ0v) is 19.2. The first-order valence-corrected chi connectivity index (χ1v) is 12.2. The number of H-pyrrole nitrogens is 1. The Morgan fingerprint density at radius 2 is 1.42 bits per heavy atom. The van der Waals surface area contributed by atoms with Crippen molar-refractivity contribution in [3.8, 4) is 11.3 Å². The second-order valence-corrected chi connectivity index (χ2v) is 9.27. The van der Waals surface area contributed by atoms with Crippen molar-refractivity contribution < 1.29 is 0 Å². The van der Waals surface area contributed by atoms with Gasteiger partial charge in [-0.15, -0.1) is 10.2 Å². The van der Waals surface area contributed by atoms with E-state index in [0.717, 1.165) is 51.9 Å². The minimum Gasteiger partial charge on any atom is -0.398 e. The van der Waals surface area contributed by atoms with Crippen LogP contribution in [0.3, 0.4) is 0 Å². The van der Waals surface area contributed by atoms with E-state index in [1.165, 1.54) is 24.6 Å². The average Bonchev–Trinajstić information content (AvgIpc) is 2.86. The van der Waals surface area contributed by atoms with Gasteiger partial charge in [0.1, 0.15) is 0 Å². The van der Waals surface area contributed by atoms with Crippen LogP contribution in [-0.4, -0.2) is 56.3 Å². The summed E-state index contributed by atoms with van der Waals surface area (Å²) >= 11 is 1.19. The van der Waals surface area contributed by atoms with Crippen LogP contribution in [0.25, 0.3) is 11.3 Å². The molecule has 0 radical (unpaired) electrons. The van der Waals surface area contributed by atoms with Crippen molar-refractivity contribution in [1.29, 1.82) is 0 Å². The topological polar surface area (TPSA) is 130 Å². The molecule has 11 heteroatoms. The predicted octanol–water partition coefficient (Wildman–Crippen LogP) is 2.73. The number of benzene rings is 1. The molecule has 3 N–H and O–H groups in total. The molecular formula is C22H27N9OS. The van der Waals surface area contributed by atoms with Crippen LogP contribution in [-0.2, 0) is 0 Å². The molecule has 2 aliphatic rings. The van der Waals surface area contributed by atoms with Crippen LogP contribution in [0.1, 0.15) is 38.5 Å². The van der Waals surface area contributed by atoms with E-state index in [9.17, 15) is 4.79 Å². The predicted molar refractivity (Wildman–Crippen MR) is 129 cm³/mol. The normalized spacial score (nSPS) is 16.7. The lowest BCUT2D eigenvalue weighted by molar-refractivity contribution is 0.551. The molecule has 0 saturated carbocycles. The summed E-state index contributed by atoms with van der Waals surface area (Å²) < 4.78 is 0. The fraction of sp³-hybridized carbons (Fsp3) is 0.455. The van der Waals surface area contributed by atoms with Crippen LogP contribution in [0.5, 0.6) is 0 Å². The van der Waals surface area contributed by atoms with Gasteiger partial charge in [0.2, 0.25) is 17.1 Å². The molecule has 5 rings (SSSR count). The number of nitrogens with two attached hydrogens (primary N) is 1. The molecule has 172 valence electrons. The molecule has 0 amide bonds. The zero-order valence-electron chi connectivity index (χ0n) is 18.4. The van der Waals surface area contributed by atoms with Gasteiger partial charge in [0, 0.05) is 37.4 Å². The summed E-state index contributed by atoms with van der Waals surface area (Å²) in [4.78, 5) is 34.2. The molecule has 1 aromatic carbocycles. The van der Waals surface area contributed by atoms with Crippen molar-refractivity contribution >= 4 is 29.3 Å². The molecule has 2 fully saturated rings. The Morgan fingerprint density at radius 3 is 2.00 bits per heavy atom. The fourth-order valence-corrected chi connectivity index (χ4v) is 4.85. The lowest BCUT2D eigenvalue weighted by atomic mass is 10.1. The van der Waals surface area contributed by atoms with Gasteiger partial charge in [0.25, 0.3) is 5.56 Å². The van der Waals surface area contributed by atoms with Crippen molar-refractivity contribution in [3.05, 3.63) is 34.6 Å². The quantitative estimate of drug-likeness (QED) is 0.542. The van der Waals surface area contributed by atoms with E-state index >= 15 is 0 Å². The van der Waals surface area contributed by atoms with Crippen molar-refractivity contribution in [2.24, 2.45) is 0 Å². The second-order valence-electron chi connectivity index (χ2n) is 8.31. The summed E-state index contributed by atoms with van der Waals surface area (Å²) in [6, 6.07) is 7.10. The van der Waals surface area contributed by atoms with Crippen LogP contribution in [0.4, 0.5) is 17.6 Å². The number of aromatic nitrogens is 6. The number of nitrogens with one attached hydrogen (secondary N) is 1. The fourth-order valence-electron chi connectivity index (χ4n) is 4.20. The molecule has 2 saturated heterocycles. The number of anilines is 3. The third-order valence-corrected chi connectivity index (χ3v) is 6.69. The Balaban J connectivity index is 1.45. The molecule has 0 bridgehead atoms. The third-order valence-electron chi connectivity index (χ3n) is 5.95. The third kappa shape index (κ3) is 4.92. The van der Waals surface area contributed by atoms with E-state index in [1.54, 1.807) is 12.1 Å². The Hall–Kier alpha value is -3.21. The Morgan fingerprint density at radius 1 is 0.818 bits per heavy atom. The van der Waals surface area contributed by atoms with Gasteiger partial charge >= 0.3 is 0 Å². The SMILES string of the molecule is Nc1ccccc1-c1nnc(Sc2nc(N3CCCCC3)nc(N3CCCCC3)n2)[nH]c1=O. The maximum Gasteiger partial charge on any atom is 0.278 e. The monoisotopic (exact) mass is 465 g/mol. The van der Waals surface area contributed by atoms with Crippen LogP contribution in [0, 0.1) is 0 Å². The molecule has 0 atom stereocenters. The maximum absolute atomic E-state index is 12.7. The average molecular weight is 466 g/mol. The molecule has 2 aromatic heterocycles. The summed E-state index contributed by atoms with van der Waals surface area (Å²) in [5.74, 6) is 1.38. The highest BCUT2D eigenvalue weighted by molar-refractivity contribution is 7.99. The van der Waals surface area contributed by atoms with Gasteiger partial charge in [-0.05, 0) is 56.4 Å². The first kappa shape index (κ1) is 21.6. The van der Waals surface area contributed by atoms with Gasteiger partial charge in [-0.3, -0.25) is 9.78 Å². The van der Waals surface area contributed by atoms with Crippen molar-refractivity contribution in [2.45, 2.75) is 48.8 Å². The van der Waals surface area contributed by atoms with E-state index in [0.29, 0.717) is 33.5 Å². The summed E-state index contributed by atoms with van der Waals surface area (Å²) in [6.07, 6.45) is 7.01. The number of rotatable bonds is 5. The summed E-state index contributed by atoms with van der Waals surface area (Å²) in [7, 11) is 0. The number of piperidine rings is 2. The minimum absolute atomic E-state index is 0.191. The lowest BCUT2D eigenvalue weighted by Crippen LogP contribution is -2.34. The van der Waals surface area contributed by atoms with E-state index in [-0.39, 0.29) is 11.3 Å². The number of nitrogen functional groups attached to an aromatic ring is 1. The van der Waals surface area contributed by atoms with E-state index in [1.807, 2.05) is 12.1 Å². The van der Waals surface area contributed by atoms with E-state index in [4.69, 9.17) is 20.7 Å². The Labute approximate surface area is 196 Å². The summed E-state index contributed by atoms with van der Waals surface area (Å²) in [6.45, 7) is 3.77. The number of nitrogens with zero attached hydrogens (tertiary/aromatic N) is 7. The first-order valence-electron chi connectivity index (χ1n) is 11.4. The van der Waals surface area contributed by atoms with Gasteiger partial charge in [-0.1, -0.05) is 18.2 Å². The number of hydrogen-bond donors (Lipinski definition) is 2. The largest absolute Gasteiger partial charge is 0.398 e. The van der Waals surface area contributed by atoms with Crippen LogP contribution < -0.4 is 21.1 Å². The van der Waals surface area contributed by atoms with Gasteiger partial charge in [0.05, 0.1) is 0 Å². The van der Waals surface area contributed by atoms with Gasteiger partial charge in [-0.2, -0.15) is 15.0 Å². The van der Waals surface area contributed by atoms with Crippen molar-refractivity contribution in [3.63, 3.8) is 0 Å². The summed E-state index contributed by atoms with van der Waals surface area (Å²) in [5, 5.41) is 9.19. The van der Waals surface area contributed by atoms with Crippen LogP contribution in [0.15, 0.2) is 39.4 Å². The van der Waals surface area contributed by atoms with Crippen LogP contribution in [0.2, 0.25) is 0 Å². The molecule has 33 heavy (non-hydrogen) atoms. The van der Waals surface area contributed by atoms with E-state index < -0.39 is 0 Å². The minimum atomic E-state index is -0.355. The highest BCUT2D eigenvalue weighted by Gasteiger charge is 2.21. The lowest BCUT2D eigenvalue weighted by Gasteiger charge is -2.30. The Kier molecular flexibility index (Phi) is 6.38. The zero-order chi connectivity index (χ0) is 22.6. The number of hydrogen-bond acceptors (Lipinski definition) is 10. The maximum atomic E-state index is 12.7. The standard InChI is InChI=1S/C22H27N9OS/c23-16-10-4-3-9-15(16)17-18(32)24-22(29-28-17)33-21-26-19(30-11-5-1-6-12-30)25-20(27-21)31-13-7-2-8-14-31/h3-4,9-10H,1-2,5-8,11-14,23H2,(H,24,29,32). The number of aromatic amines is 1. The van der Waals surface area contributed by atoms with Gasteiger partial charge in [-0.25, -0.2) is 0 Å². The van der Waals surface area contributed by atoms with Crippen molar-refractivity contribution in [2.75, 3.05) is 41.7 Å². The highest BCUT2D eigenvalue weighted by atomic mass is 32.2. The molecule has 10 nitrogen and oxygen atoms in total. The molecule has 4 heterocycles. The Bertz CT molecular complexity index is 1140.